The van der Waals surface area contributed by atoms with Crippen molar-refractivity contribution in [1.82, 2.24) is 24.8 Å². The van der Waals surface area contributed by atoms with E-state index in [0.29, 0.717) is 12.5 Å². The zero-order valence-electron chi connectivity index (χ0n) is 15.1. The van der Waals surface area contributed by atoms with Crippen molar-refractivity contribution in [2.75, 3.05) is 43.5 Å². The number of fused-ring (bicyclic) bond motifs is 1. The average molecular weight is 353 g/mol. The Morgan fingerprint density at radius 2 is 2.04 bits per heavy atom. The van der Waals surface area contributed by atoms with Gasteiger partial charge in [0, 0.05) is 52.3 Å². The molecule has 0 spiro atoms. The van der Waals surface area contributed by atoms with Crippen LogP contribution in [0.2, 0.25) is 0 Å². The summed E-state index contributed by atoms with van der Waals surface area (Å²) in [6, 6.07) is 3.73. The van der Waals surface area contributed by atoms with Gasteiger partial charge in [-0.25, -0.2) is 19.9 Å². The number of hydrogen-bond donors (Lipinski definition) is 0. The lowest BCUT2D eigenvalue weighted by atomic mass is 9.74. The van der Waals surface area contributed by atoms with Gasteiger partial charge in [0.15, 0.2) is 0 Å². The van der Waals surface area contributed by atoms with Gasteiger partial charge in [-0.15, -0.1) is 0 Å². The molecular weight excluding hydrogens is 330 g/mol. The number of anilines is 2. The molecule has 2 aliphatic heterocycles. The normalized spacial score (nSPS) is 25.1. The number of hydrogen-bond acceptors (Lipinski definition) is 7. The summed E-state index contributed by atoms with van der Waals surface area (Å²) in [6.07, 6.45) is 8.59. The maximum atomic E-state index is 13.3. The van der Waals surface area contributed by atoms with Crippen LogP contribution in [0.4, 0.5) is 11.8 Å². The van der Waals surface area contributed by atoms with E-state index < -0.39 is 5.41 Å². The Morgan fingerprint density at radius 3 is 2.73 bits per heavy atom. The van der Waals surface area contributed by atoms with Crippen LogP contribution in [0, 0.1) is 5.41 Å². The minimum Gasteiger partial charge on any atom is -0.353 e. The second kappa shape index (κ2) is 6.51. The first-order valence-electron chi connectivity index (χ1n) is 8.88. The summed E-state index contributed by atoms with van der Waals surface area (Å²) in [5, 5.41) is 0. The SMILES string of the molecule is CN(C)C(=O)[C@]12CCCN(c3ncccn3)[C@H]1CN(c1ccncn1)C2. The predicted molar refractivity (Wildman–Crippen MR) is 97.8 cm³/mol. The molecule has 2 aromatic heterocycles. The van der Waals surface area contributed by atoms with Gasteiger partial charge in [0.2, 0.25) is 11.9 Å². The maximum absolute atomic E-state index is 13.3. The van der Waals surface area contributed by atoms with Crippen molar-refractivity contribution in [3.8, 4) is 0 Å². The van der Waals surface area contributed by atoms with Gasteiger partial charge >= 0.3 is 0 Å². The Balaban J connectivity index is 1.74. The van der Waals surface area contributed by atoms with E-state index in [9.17, 15) is 4.79 Å². The molecule has 0 aliphatic carbocycles. The summed E-state index contributed by atoms with van der Waals surface area (Å²) in [5.74, 6) is 1.71. The van der Waals surface area contributed by atoms with E-state index in [2.05, 4.69) is 29.7 Å². The van der Waals surface area contributed by atoms with Crippen LogP contribution in [0.25, 0.3) is 0 Å². The Labute approximate surface area is 152 Å². The third-order valence-electron chi connectivity index (χ3n) is 5.43. The lowest BCUT2D eigenvalue weighted by molar-refractivity contribution is -0.140. The van der Waals surface area contributed by atoms with Crippen LogP contribution < -0.4 is 9.80 Å². The van der Waals surface area contributed by atoms with E-state index in [1.54, 1.807) is 29.8 Å². The fourth-order valence-electron chi connectivity index (χ4n) is 4.34. The molecule has 0 radical (unpaired) electrons. The van der Waals surface area contributed by atoms with Gasteiger partial charge < -0.3 is 14.7 Å². The highest BCUT2D eigenvalue weighted by Crippen LogP contribution is 2.44. The van der Waals surface area contributed by atoms with Gasteiger partial charge in [-0.3, -0.25) is 4.79 Å². The molecule has 1 amide bonds. The predicted octanol–water partition coefficient (Wildman–Crippen LogP) is 0.830. The minimum absolute atomic E-state index is 0.0171. The van der Waals surface area contributed by atoms with E-state index in [1.165, 1.54) is 0 Å². The molecule has 2 fully saturated rings. The fraction of sp³-hybridized carbons (Fsp3) is 0.500. The van der Waals surface area contributed by atoms with Crippen LogP contribution in [0.1, 0.15) is 12.8 Å². The van der Waals surface area contributed by atoms with E-state index in [0.717, 1.165) is 31.7 Å². The van der Waals surface area contributed by atoms with E-state index in [-0.39, 0.29) is 11.9 Å². The van der Waals surface area contributed by atoms with Gasteiger partial charge in [0.05, 0.1) is 11.5 Å². The zero-order valence-corrected chi connectivity index (χ0v) is 15.1. The van der Waals surface area contributed by atoms with Crippen molar-refractivity contribution in [2.45, 2.75) is 18.9 Å². The number of aromatic nitrogens is 4. The lowest BCUT2D eigenvalue weighted by Crippen LogP contribution is -2.58. The molecule has 2 saturated heterocycles. The van der Waals surface area contributed by atoms with Crippen LogP contribution in [0.15, 0.2) is 37.1 Å². The van der Waals surface area contributed by atoms with Crippen LogP contribution >= 0.6 is 0 Å². The van der Waals surface area contributed by atoms with Gasteiger partial charge in [0.1, 0.15) is 12.1 Å². The van der Waals surface area contributed by atoms with Crippen LogP contribution in [-0.4, -0.2) is 70.5 Å². The number of piperidine rings is 1. The largest absolute Gasteiger partial charge is 0.353 e. The molecule has 8 heteroatoms. The summed E-state index contributed by atoms with van der Waals surface area (Å²) < 4.78 is 0. The summed E-state index contributed by atoms with van der Waals surface area (Å²) in [6.45, 7) is 2.22. The molecule has 4 heterocycles. The molecule has 2 aromatic rings. The second-order valence-electron chi connectivity index (χ2n) is 7.17. The first-order chi connectivity index (χ1) is 12.6. The van der Waals surface area contributed by atoms with Gasteiger partial charge in [-0.05, 0) is 25.0 Å². The van der Waals surface area contributed by atoms with Crippen molar-refractivity contribution in [2.24, 2.45) is 5.41 Å². The Kier molecular flexibility index (Phi) is 4.18. The Hall–Kier alpha value is -2.77. The molecule has 4 rings (SSSR count). The maximum Gasteiger partial charge on any atom is 0.232 e. The van der Waals surface area contributed by atoms with Crippen LogP contribution in [-0.2, 0) is 4.79 Å². The molecule has 26 heavy (non-hydrogen) atoms. The van der Waals surface area contributed by atoms with Crippen LogP contribution in [0.5, 0.6) is 0 Å². The Morgan fingerprint density at radius 1 is 1.23 bits per heavy atom. The molecule has 0 bridgehead atoms. The number of nitrogens with zero attached hydrogens (tertiary/aromatic N) is 7. The third kappa shape index (κ3) is 2.65. The number of carbonyl (C=O) groups excluding carboxylic acids is 1. The van der Waals surface area contributed by atoms with Crippen molar-refractivity contribution in [1.29, 1.82) is 0 Å². The van der Waals surface area contributed by atoms with Crippen LogP contribution in [0.3, 0.4) is 0 Å². The summed E-state index contributed by atoms with van der Waals surface area (Å²) >= 11 is 0. The van der Waals surface area contributed by atoms with Crippen molar-refractivity contribution in [3.63, 3.8) is 0 Å². The minimum atomic E-state index is -0.480. The van der Waals surface area contributed by atoms with Gasteiger partial charge in [0.25, 0.3) is 0 Å². The highest BCUT2D eigenvalue weighted by Gasteiger charge is 2.57. The molecule has 2 aliphatic rings. The summed E-state index contributed by atoms with van der Waals surface area (Å²) in [4.78, 5) is 36.6. The zero-order chi connectivity index (χ0) is 18.1. The lowest BCUT2D eigenvalue weighted by Gasteiger charge is -2.45. The highest BCUT2D eigenvalue weighted by molar-refractivity contribution is 5.86. The Bertz CT molecular complexity index is 770. The molecule has 0 aromatic carbocycles. The topological polar surface area (TPSA) is 78.4 Å². The number of rotatable bonds is 3. The molecule has 0 saturated carbocycles. The van der Waals surface area contributed by atoms with Crippen molar-refractivity contribution >= 4 is 17.7 Å². The smallest absolute Gasteiger partial charge is 0.232 e. The highest BCUT2D eigenvalue weighted by atomic mass is 16.2. The summed E-state index contributed by atoms with van der Waals surface area (Å²) in [7, 11) is 3.67. The molecule has 0 N–H and O–H groups in total. The summed E-state index contributed by atoms with van der Waals surface area (Å²) in [5.41, 5.74) is -0.480. The average Bonchev–Trinajstić information content (AvgIpc) is 3.09. The van der Waals surface area contributed by atoms with E-state index in [4.69, 9.17) is 0 Å². The number of amides is 1. The molecular formula is C18H23N7O. The molecule has 8 nitrogen and oxygen atoms in total. The quantitative estimate of drug-likeness (QED) is 0.809. The number of carbonyl (C=O) groups is 1. The molecule has 2 atom stereocenters. The third-order valence-corrected chi connectivity index (χ3v) is 5.43. The molecule has 136 valence electrons. The van der Waals surface area contributed by atoms with Crippen molar-refractivity contribution in [3.05, 3.63) is 37.1 Å². The van der Waals surface area contributed by atoms with Gasteiger partial charge in [-0.1, -0.05) is 0 Å². The fourth-order valence-corrected chi connectivity index (χ4v) is 4.34. The van der Waals surface area contributed by atoms with Gasteiger partial charge in [-0.2, -0.15) is 0 Å². The monoisotopic (exact) mass is 353 g/mol. The standard InChI is InChI=1S/C18H23N7O/c1-23(2)16(26)18-6-3-10-25(17-20-7-4-8-21-17)14(18)11-24(12-18)15-5-9-19-13-22-15/h4-5,7-9,13-14H,3,6,10-12H2,1-2H3/t14-,18-/m0/s1. The second-order valence-corrected chi connectivity index (χ2v) is 7.17. The van der Waals surface area contributed by atoms with E-state index in [1.807, 2.05) is 26.2 Å². The van der Waals surface area contributed by atoms with Crippen molar-refractivity contribution < 1.29 is 4.79 Å². The first kappa shape index (κ1) is 16.7. The van der Waals surface area contributed by atoms with E-state index >= 15 is 0 Å². The molecule has 0 unspecified atom stereocenters. The first-order valence-corrected chi connectivity index (χ1v) is 8.88.